The zero-order valence-corrected chi connectivity index (χ0v) is 18.1. The first-order valence-electron chi connectivity index (χ1n) is 11.0. The number of fused-ring (bicyclic) bond motifs is 2. The summed E-state index contributed by atoms with van der Waals surface area (Å²) < 4.78 is 1.93. The van der Waals surface area contributed by atoms with Gasteiger partial charge in [-0.2, -0.15) is 0 Å². The summed E-state index contributed by atoms with van der Waals surface area (Å²) >= 11 is 0. The quantitative estimate of drug-likeness (QED) is 0.508. The first-order valence-corrected chi connectivity index (χ1v) is 11.0. The third kappa shape index (κ3) is 4.21. The van der Waals surface area contributed by atoms with E-state index in [2.05, 4.69) is 32.2 Å². The van der Waals surface area contributed by atoms with Crippen LogP contribution in [0.2, 0.25) is 0 Å². The number of aromatic nitrogens is 6. The molecule has 162 valence electrons. The zero-order valence-electron chi connectivity index (χ0n) is 18.1. The molecule has 0 radical (unpaired) electrons. The summed E-state index contributed by atoms with van der Waals surface area (Å²) in [7, 11) is 0. The van der Waals surface area contributed by atoms with Crippen molar-refractivity contribution in [2.75, 3.05) is 6.54 Å². The molecule has 32 heavy (non-hydrogen) atoms. The van der Waals surface area contributed by atoms with E-state index in [-0.39, 0.29) is 5.91 Å². The van der Waals surface area contributed by atoms with Crippen molar-refractivity contribution >= 4 is 17.1 Å². The van der Waals surface area contributed by atoms with Crippen molar-refractivity contribution in [3.8, 4) is 0 Å². The zero-order chi connectivity index (χ0) is 21.9. The van der Waals surface area contributed by atoms with Crippen LogP contribution in [0.1, 0.15) is 51.7 Å². The Morgan fingerprint density at radius 2 is 2.03 bits per heavy atom. The van der Waals surface area contributed by atoms with Crippen molar-refractivity contribution in [1.82, 2.24) is 34.8 Å². The van der Waals surface area contributed by atoms with Gasteiger partial charge in [0.15, 0.2) is 5.65 Å². The summed E-state index contributed by atoms with van der Waals surface area (Å²) in [5.74, 6) is 0.624. The molecule has 1 aliphatic carbocycles. The van der Waals surface area contributed by atoms with Crippen molar-refractivity contribution in [2.24, 2.45) is 0 Å². The van der Waals surface area contributed by atoms with E-state index in [0.29, 0.717) is 30.6 Å². The van der Waals surface area contributed by atoms with Gasteiger partial charge in [0.25, 0.3) is 5.91 Å². The van der Waals surface area contributed by atoms with Crippen LogP contribution >= 0.6 is 0 Å². The van der Waals surface area contributed by atoms with Crippen LogP contribution in [0.15, 0.2) is 43.0 Å². The monoisotopic (exact) mass is 427 g/mol. The van der Waals surface area contributed by atoms with Crippen molar-refractivity contribution in [2.45, 2.75) is 45.6 Å². The lowest BCUT2D eigenvalue weighted by Crippen LogP contribution is -2.26. The second-order valence-electron chi connectivity index (χ2n) is 8.12. The summed E-state index contributed by atoms with van der Waals surface area (Å²) in [6.45, 7) is 3.11. The molecule has 4 aromatic heterocycles. The van der Waals surface area contributed by atoms with E-state index >= 15 is 0 Å². The SMILES string of the molecule is Cc1nc(CCNC(=O)c2cnc3c(c2)ncn3Cc2ccccn2)nc2c1CCCC2. The number of aryl methyl sites for hydroxylation is 2. The Balaban J connectivity index is 1.23. The number of carbonyl (C=O) groups excluding carboxylic acids is 1. The van der Waals surface area contributed by atoms with E-state index in [4.69, 9.17) is 4.98 Å². The van der Waals surface area contributed by atoms with Crippen LogP contribution in [0.4, 0.5) is 0 Å². The van der Waals surface area contributed by atoms with Crippen LogP contribution in [0.25, 0.3) is 11.2 Å². The van der Waals surface area contributed by atoms with Crippen LogP contribution in [-0.4, -0.2) is 41.9 Å². The maximum absolute atomic E-state index is 12.6. The Labute approximate surface area is 186 Å². The van der Waals surface area contributed by atoms with Gasteiger partial charge in [-0.3, -0.25) is 9.78 Å². The van der Waals surface area contributed by atoms with E-state index in [1.54, 1.807) is 24.8 Å². The van der Waals surface area contributed by atoms with Crippen LogP contribution < -0.4 is 5.32 Å². The summed E-state index contributed by atoms with van der Waals surface area (Å²) in [5.41, 5.74) is 6.39. The van der Waals surface area contributed by atoms with Crippen LogP contribution in [-0.2, 0) is 25.8 Å². The van der Waals surface area contributed by atoms with Crippen molar-refractivity contribution in [3.63, 3.8) is 0 Å². The van der Waals surface area contributed by atoms with Crippen LogP contribution in [0.5, 0.6) is 0 Å². The lowest BCUT2D eigenvalue weighted by molar-refractivity contribution is 0.0953. The van der Waals surface area contributed by atoms with Gasteiger partial charge in [0, 0.05) is 36.7 Å². The van der Waals surface area contributed by atoms with E-state index in [1.807, 2.05) is 22.8 Å². The van der Waals surface area contributed by atoms with Gasteiger partial charge in [-0.25, -0.2) is 19.9 Å². The number of nitrogens with zero attached hydrogens (tertiary/aromatic N) is 6. The van der Waals surface area contributed by atoms with Crippen LogP contribution in [0, 0.1) is 6.92 Å². The van der Waals surface area contributed by atoms with Gasteiger partial charge in [0.2, 0.25) is 0 Å². The lowest BCUT2D eigenvalue weighted by Gasteiger charge is -2.17. The molecule has 0 unspecified atom stereocenters. The Bertz CT molecular complexity index is 1270. The molecule has 1 N–H and O–H groups in total. The van der Waals surface area contributed by atoms with E-state index in [1.165, 1.54) is 24.1 Å². The van der Waals surface area contributed by atoms with Gasteiger partial charge in [-0.15, -0.1) is 0 Å². The molecule has 0 saturated carbocycles. The van der Waals surface area contributed by atoms with Crippen molar-refractivity contribution in [3.05, 3.63) is 77.0 Å². The van der Waals surface area contributed by atoms with Gasteiger partial charge < -0.3 is 9.88 Å². The average molecular weight is 428 g/mol. The van der Waals surface area contributed by atoms with Gasteiger partial charge in [-0.05, 0) is 56.4 Å². The molecular weight excluding hydrogens is 402 g/mol. The Kier molecular flexibility index (Phi) is 5.58. The fourth-order valence-electron chi connectivity index (χ4n) is 4.20. The molecule has 4 heterocycles. The Hall–Kier alpha value is -3.68. The number of nitrogens with one attached hydrogen (secondary N) is 1. The molecule has 8 heteroatoms. The molecule has 8 nitrogen and oxygen atoms in total. The highest BCUT2D eigenvalue weighted by Gasteiger charge is 2.16. The number of rotatable bonds is 6. The minimum Gasteiger partial charge on any atom is -0.352 e. The molecule has 0 bridgehead atoms. The average Bonchev–Trinajstić information content (AvgIpc) is 3.21. The van der Waals surface area contributed by atoms with Crippen LogP contribution in [0.3, 0.4) is 0 Å². The molecule has 5 rings (SSSR count). The fraction of sp³-hybridized carbons (Fsp3) is 0.333. The van der Waals surface area contributed by atoms with E-state index in [0.717, 1.165) is 35.7 Å². The normalized spacial score (nSPS) is 13.2. The highest BCUT2D eigenvalue weighted by atomic mass is 16.1. The first kappa shape index (κ1) is 20.2. The fourth-order valence-corrected chi connectivity index (χ4v) is 4.20. The molecule has 0 aliphatic heterocycles. The van der Waals surface area contributed by atoms with Crippen molar-refractivity contribution in [1.29, 1.82) is 0 Å². The first-order chi connectivity index (χ1) is 15.7. The third-order valence-electron chi connectivity index (χ3n) is 5.85. The smallest absolute Gasteiger partial charge is 0.252 e. The number of amides is 1. The summed E-state index contributed by atoms with van der Waals surface area (Å²) in [6.07, 6.45) is 10.2. The number of carbonyl (C=O) groups is 1. The standard InChI is InChI=1S/C24H25N7O/c1-16-19-7-2-3-8-20(19)30-22(29-16)9-11-26-24(32)17-12-21-23(27-13-17)31(15-28-21)14-18-6-4-5-10-25-18/h4-6,10,12-13,15H,2-3,7-9,11,14H2,1H3,(H,26,32). The van der Waals surface area contributed by atoms with Crippen molar-refractivity contribution < 1.29 is 4.79 Å². The summed E-state index contributed by atoms with van der Waals surface area (Å²) in [5, 5.41) is 2.95. The Morgan fingerprint density at radius 3 is 2.91 bits per heavy atom. The molecule has 0 saturated heterocycles. The molecule has 1 aliphatic rings. The van der Waals surface area contributed by atoms with Gasteiger partial charge in [0.1, 0.15) is 11.3 Å². The van der Waals surface area contributed by atoms with E-state index in [9.17, 15) is 4.79 Å². The van der Waals surface area contributed by atoms with Gasteiger partial charge in [0.05, 0.1) is 24.1 Å². The molecule has 0 aromatic carbocycles. The second kappa shape index (κ2) is 8.82. The second-order valence-corrected chi connectivity index (χ2v) is 8.12. The number of hydrogen-bond acceptors (Lipinski definition) is 6. The highest BCUT2D eigenvalue weighted by Crippen LogP contribution is 2.21. The molecule has 0 spiro atoms. The number of hydrogen-bond donors (Lipinski definition) is 1. The highest BCUT2D eigenvalue weighted by molar-refractivity contribution is 5.96. The maximum Gasteiger partial charge on any atom is 0.252 e. The predicted octanol–water partition coefficient (Wildman–Crippen LogP) is 2.82. The summed E-state index contributed by atoms with van der Waals surface area (Å²) in [4.78, 5) is 35.2. The maximum atomic E-state index is 12.6. The molecule has 1 amide bonds. The number of imidazole rings is 1. The molecule has 0 fully saturated rings. The predicted molar refractivity (Wildman–Crippen MR) is 120 cm³/mol. The third-order valence-corrected chi connectivity index (χ3v) is 5.85. The van der Waals surface area contributed by atoms with Gasteiger partial charge >= 0.3 is 0 Å². The van der Waals surface area contributed by atoms with E-state index < -0.39 is 0 Å². The lowest BCUT2D eigenvalue weighted by atomic mass is 9.95. The minimum absolute atomic E-state index is 0.173. The molecule has 4 aromatic rings. The minimum atomic E-state index is -0.173. The number of pyridine rings is 2. The molecular formula is C24H25N7O. The molecule has 0 atom stereocenters. The largest absolute Gasteiger partial charge is 0.352 e. The summed E-state index contributed by atoms with van der Waals surface area (Å²) in [6, 6.07) is 7.57. The van der Waals surface area contributed by atoms with Gasteiger partial charge in [-0.1, -0.05) is 6.07 Å². The Morgan fingerprint density at radius 1 is 1.12 bits per heavy atom. The topological polar surface area (TPSA) is 98.5 Å².